The van der Waals surface area contributed by atoms with E-state index in [9.17, 15) is 14.7 Å². The van der Waals surface area contributed by atoms with E-state index in [4.69, 9.17) is 19.9 Å². The van der Waals surface area contributed by atoms with Crippen molar-refractivity contribution >= 4 is 34.2 Å². The number of nitrogens with one attached hydrogen (secondary N) is 1. The smallest absolute Gasteiger partial charge is 0.335 e. The minimum atomic E-state index is -1.09. The Labute approximate surface area is 224 Å². The van der Waals surface area contributed by atoms with Gasteiger partial charge in [-0.1, -0.05) is 12.1 Å². The molecule has 39 heavy (non-hydrogen) atoms. The van der Waals surface area contributed by atoms with Crippen LogP contribution in [0.4, 0.5) is 11.4 Å². The molecule has 0 aliphatic heterocycles. The molecule has 0 radical (unpaired) electrons. The van der Waals surface area contributed by atoms with Gasteiger partial charge in [0, 0.05) is 29.5 Å². The number of hydrogen-bond donors (Lipinski definition) is 3. The molecule has 11 heteroatoms. The number of carboxylic acids is 1. The lowest BCUT2D eigenvalue weighted by atomic mass is 10.0. The Hall–Kier alpha value is -4.93. The Bertz CT molecular complexity index is 1570. The van der Waals surface area contributed by atoms with Gasteiger partial charge in [-0.25, -0.2) is 9.78 Å². The number of rotatable bonds is 9. The summed E-state index contributed by atoms with van der Waals surface area (Å²) in [6.07, 6.45) is 7.02. The number of carbonyl (C=O) groups is 2. The zero-order chi connectivity index (χ0) is 27.5. The van der Waals surface area contributed by atoms with Crippen LogP contribution in [0.5, 0.6) is 17.6 Å². The second-order valence-corrected chi connectivity index (χ2v) is 9.12. The van der Waals surface area contributed by atoms with E-state index >= 15 is 0 Å². The van der Waals surface area contributed by atoms with Gasteiger partial charge in [0.25, 0.3) is 5.91 Å². The number of carboxylic acid groups (broad SMARTS) is 1. The van der Waals surface area contributed by atoms with Crippen LogP contribution in [-0.2, 0) is 0 Å². The van der Waals surface area contributed by atoms with Gasteiger partial charge in [0.1, 0.15) is 5.75 Å². The van der Waals surface area contributed by atoms with Gasteiger partial charge in [0.2, 0.25) is 5.88 Å². The highest BCUT2D eigenvalue weighted by atomic mass is 16.5. The number of nitrogens with two attached hydrogens (primary N) is 1. The number of fused-ring (bicyclic) bond motifs is 1. The van der Waals surface area contributed by atoms with Crippen molar-refractivity contribution in [2.75, 3.05) is 19.5 Å². The van der Waals surface area contributed by atoms with E-state index in [2.05, 4.69) is 20.3 Å². The molecule has 1 aliphatic carbocycles. The van der Waals surface area contributed by atoms with Crippen molar-refractivity contribution < 1.29 is 28.9 Å². The lowest BCUT2D eigenvalue weighted by Crippen LogP contribution is -2.15. The zero-order valence-electron chi connectivity index (χ0n) is 21.4. The number of ether oxygens (including phenoxy) is 3. The highest BCUT2D eigenvalue weighted by molar-refractivity contribution is 6.08. The standard InChI is InChI=1S/C28H27N5O6/c1-37-26-21(13-31-28(33-26)38-2)15-7-8-20-23(11-15)30-14-22(25(29)34)24(20)32-17-9-16(27(35)36)10-19(12-17)39-18-5-3-4-6-18/h7-14,18H,3-6H2,1-2H3,(H2,29,34)(H,30,32)(H,35,36). The van der Waals surface area contributed by atoms with Crippen molar-refractivity contribution in [1.82, 2.24) is 15.0 Å². The van der Waals surface area contributed by atoms with Gasteiger partial charge >= 0.3 is 12.0 Å². The molecule has 200 valence electrons. The molecular weight excluding hydrogens is 502 g/mol. The summed E-state index contributed by atoms with van der Waals surface area (Å²) in [5.74, 6) is -1.01. The molecule has 2 aromatic heterocycles. The van der Waals surface area contributed by atoms with E-state index < -0.39 is 11.9 Å². The zero-order valence-corrected chi connectivity index (χ0v) is 21.4. The first-order valence-corrected chi connectivity index (χ1v) is 12.4. The highest BCUT2D eigenvalue weighted by Crippen LogP contribution is 2.36. The number of primary amides is 1. The minimum absolute atomic E-state index is 0.0437. The molecule has 11 nitrogen and oxygen atoms in total. The van der Waals surface area contributed by atoms with E-state index in [0.29, 0.717) is 39.5 Å². The predicted octanol–water partition coefficient (Wildman–Crippen LogP) is 4.57. The number of anilines is 2. The molecule has 0 saturated heterocycles. The lowest BCUT2D eigenvalue weighted by Gasteiger charge is -2.17. The number of aromatic nitrogens is 3. The lowest BCUT2D eigenvalue weighted by molar-refractivity contribution is 0.0695. The average Bonchev–Trinajstić information content (AvgIpc) is 3.45. The summed E-state index contributed by atoms with van der Waals surface area (Å²) in [4.78, 5) is 37.0. The fourth-order valence-electron chi connectivity index (χ4n) is 4.69. The van der Waals surface area contributed by atoms with Crippen LogP contribution in [0.15, 0.2) is 48.8 Å². The number of benzene rings is 2. The molecule has 4 N–H and O–H groups in total. The maximum atomic E-state index is 12.3. The third kappa shape index (κ3) is 5.37. The van der Waals surface area contributed by atoms with E-state index in [0.717, 1.165) is 31.2 Å². The summed E-state index contributed by atoms with van der Waals surface area (Å²) in [7, 11) is 2.97. The quantitative estimate of drug-likeness (QED) is 0.280. The summed E-state index contributed by atoms with van der Waals surface area (Å²) in [6, 6.07) is 10.3. The maximum Gasteiger partial charge on any atom is 0.335 e. The molecule has 4 aromatic rings. The van der Waals surface area contributed by atoms with Gasteiger partial charge in [0.15, 0.2) is 0 Å². The molecule has 0 bridgehead atoms. The normalized spacial score (nSPS) is 13.3. The monoisotopic (exact) mass is 529 g/mol. The highest BCUT2D eigenvalue weighted by Gasteiger charge is 2.20. The van der Waals surface area contributed by atoms with Gasteiger partial charge in [-0.3, -0.25) is 9.78 Å². The maximum absolute atomic E-state index is 12.3. The fraction of sp³-hybridized carbons (Fsp3) is 0.250. The second kappa shape index (κ2) is 10.8. The van der Waals surface area contributed by atoms with Crippen molar-refractivity contribution in [3.63, 3.8) is 0 Å². The first-order chi connectivity index (χ1) is 18.9. The SMILES string of the molecule is COc1ncc(-c2ccc3c(Nc4cc(OC5CCCC5)cc(C(=O)O)c4)c(C(N)=O)cnc3c2)c(OC)n1. The van der Waals surface area contributed by atoms with Crippen LogP contribution in [0, 0.1) is 0 Å². The van der Waals surface area contributed by atoms with E-state index in [-0.39, 0.29) is 23.2 Å². The van der Waals surface area contributed by atoms with Gasteiger partial charge < -0.3 is 30.4 Å². The predicted molar refractivity (Wildman–Crippen MR) is 144 cm³/mol. The topological polar surface area (TPSA) is 159 Å². The van der Waals surface area contributed by atoms with Gasteiger partial charge in [-0.2, -0.15) is 4.98 Å². The first-order valence-electron chi connectivity index (χ1n) is 12.4. The van der Waals surface area contributed by atoms with Crippen LogP contribution in [0.25, 0.3) is 22.0 Å². The molecule has 0 unspecified atom stereocenters. The molecule has 1 fully saturated rings. The van der Waals surface area contributed by atoms with Crippen LogP contribution in [0.2, 0.25) is 0 Å². The first kappa shape index (κ1) is 25.7. The Morgan fingerprint density at radius 1 is 1.03 bits per heavy atom. The summed E-state index contributed by atoms with van der Waals surface area (Å²) in [5.41, 5.74) is 8.62. The van der Waals surface area contributed by atoms with Crippen molar-refractivity contribution in [1.29, 1.82) is 0 Å². The van der Waals surface area contributed by atoms with Crippen LogP contribution < -0.4 is 25.3 Å². The molecular formula is C28H27N5O6. The summed E-state index contributed by atoms with van der Waals surface area (Å²) in [6.45, 7) is 0. The van der Waals surface area contributed by atoms with Crippen molar-refractivity contribution in [3.8, 4) is 28.8 Å². The third-order valence-corrected chi connectivity index (χ3v) is 6.58. The van der Waals surface area contributed by atoms with Gasteiger partial charge in [-0.05, 0) is 49.4 Å². The molecule has 1 aliphatic rings. The number of hydrogen-bond acceptors (Lipinski definition) is 9. The number of nitrogens with zero attached hydrogens (tertiary/aromatic N) is 3. The van der Waals surface area contributed by atoms with Crippen molar-refractivity contribution in [2.24, 2.45) is 5.73 Å². The Balaban J connectivity index is 1.57. The number of aromatic carboxylic acids is 1. The molecule has 0 spiro atoms. The van der Waals surface area contributed by atoms with Gasteiger partial charge in [0.05, 0.1) is 48.2 Å². The van der Waals surface area contributed by atoms with Gasteiger partial charge in [-0.15, -0.1) is 0 Å². The molecule has 5 rings (SSSR count). The number of methoxy groups -OCH3 is 2. The van der Waals surface area contributed by atoms with Crippen LogP contribution in [-0.4, -0.2) is 52.3 Å². The number of carbonyl (C=O) groups excluding carboxylic acids is 1. The largest absolute Gasteiger partial charge is 0.490 e. The fourth-order valence-corrected chi connectivity index (χ4v) is 4.69. The molecule has 1 amide bonds. The third-order valence-electron chi connectivity index (χ3n) is 6.58. The van der Waals surface area contributed by atoms with Crippen LogP contribution in [0.1, 0.15) is 46.4 Å². The Morgan fingerprint density at radius 3 is 2.51 bits per heavy atom. The Kier molecular flexibility index (Phi) is 7.13. The van der Waals surface area contributed by atoms with E-state index in [1.165, 1.54) is 32.5 Å². The molecule has 1 saturated carbocycles. The molecule has 2 heterocycles. The van der Waals surface area contributed by atoms with Crippen molar-refractivity contribution in [3.05, 3.63) is 59.9 Å². The average molecular weight is 530 g/mol. The minimum Gasteiger partial charge on any atom is -0.490 e. The van der Waals surface area contributed by atoms with E-state index in [1.807, 2.05) is 6.07 Å². The van der Waals surface area contributed by atoms with Crippen molar-refractivity contribution in [2.45, 2.75) is 31.8 Å². The number of pyridine rings is 1. The van der Waals surface area contributed by atoms with Crippen LogP contribution in [0.3, 0.4) is 0 Å². The van der Waals surface area contributed by atoms with E-state index in [1.54, 1.807) is 24.4 Å². The second-order valence-electron chi connectivity index (χ2n) is 9.12. The molecule has 0 atom stereocenters. The number of amides is 1. The summed E-state index contributed by atoms with van der Waals surface area (Å²) < 4.78 is 16.6. The molecule has 2 aromatic carbocycles. The summed E-state index contributed by atoms with van der Waals surface area (Å²) in [5, 5.41) is 13.5. The Morgan fingerprint density at radius 2 is 1.82 bits per heavy atom. The van der Waals surface area contributed by atoms with Crippen LogP contribution >= 0.6 is 0 Å². The summed E-state index contributed by atoms with van der Waals surface area (Å²) >= 11 is 0.